The van der Waals surface area contributed by atoms with E-state index in [2.05, 4.69) is 0 Å². The van der Waals surface area contributed by atoms with Crippen molar-refractivity contribution in [2.45, 2.75) is 30.6 Å². The van der Waals surface area contributed by atoms with E-state index >= 15 is 0 Å². The molecule has 23 heavy (non-hydrogen) atoms. The molecule has 2 aromatic carbocycles. The van der Waals surface area contributed by atoms with Crippen molar-refractivity contribution < 1.29 is 14.3 Å². The van der Waals surface area contributed by atoms with E-state index in [1.54, 1.807) is 24.3 Å². The highest BCUT2D eigenvalue weighted by Gasteiger charge is 2.16. The highest BCUT2D eigenvalue weighted by molar-refractivity contribution is 8.00. The zero-order valence-electron chi connectivity index (χ0n) is 13.1. The van der Waals surface area contributed by atoms with Crippen molar-refractivity contribution in [3.63, 3.8) is 0 Å². The van der Waals surface area contributed by atoms with Gasteiger partial charge in [-0.1, -0.05) is 29.8 Å². The molecule has 1 atom stereocenters. The quantitative estimate of drug-likeness (QED) is 0.652. The highest BCUT2D eigenvalue weighted by Crippen LogP contribution is 2.24. The van der Waals surface area contributed by atoms with Crippen LogP contribution in [0.1, 0.15) is 28.4 Å². The number of nitrogens with two attached hydrogens (primary N) is 1. The van der Waals surface area contributed by atoms with Crippen LogP contribution in [-0.4, -0.2) is 17.1 Å². The molecule has 2 N–H and O–H groups in total. The van der Waals surface area contributed by atoms with Crippen molar-refractivity contribution in [3.05, 3.63) is 65.2 Å². The van der Waals surface area contributed by atoms with Gasteiger partial charge < -0.3 is 10.5 Å². The number of thioether (sulfide) groups is 1. The van der Waals surface area contributed by atoms with Crippen molar-refractivity contribution in [3.8, 4) is 0 Å². The van der Waals surface area contributed by atoms with Gasteiger partial charge >= 0.3 is 5.97 Å². The third-order valence-electron chi connectivity index (χ3n) is 3.29. The number of benzene rings is 2. The summed E-state index contributed by atoms with van der Waals surface area (Å²) in [6.45, 7) is 4.02. The third-order valence-corrected chi connectivity index (χ3v) is 4.38. The molecule has 0 aliphatic carbocycles. The molecular formula is C18H19NO3S. The first-order valence-electron chi connectivity index (χ1n) is 7.24. The summed E-state index contributed by atoms with van der Waals surface area (Å²) in [7, 11) is 0. The van der Waals surface area contributed by atoms with Gasteiger partial charge in [0.2, 0.25) is 5.91 Å². The van der Waals surface area contributed by atoms with Gasteiger partial charge in [0, 0.05) is 10.5 Å². The van der Waals surface area contributed by atoms with Crippen molar-refractivity contribution in [2.75, 3.05) is 0 Å². The van der Waals surface area contributed by atoms with Gasteiger partial charge in [-0.05, 0) is 43.7 Å². The number of carbonyl (C=O) groups is 2. The molecule has 2 aromatic rings. The van der Waals surface area contributed by atoms with Gasteiger partial charge in [0.15, 0.2) is 0 Å². The third kappa shape index (κ3) is 5.14. The number of hydrogen-bond donors (Lipinski definition) is 1. The summed E-state index contributed by atoms with van der Waals surface area (Å²) in [5.41, 5.74) is 7.61. The lowest BCUT2D eigenvalue weighted by Crippen LogP contribution is -2.16. The van der Waals surface area contributed by atoms with Crippen LogP contribution in [0.25, 0.3) is 0 Å². The number of amides is 1. The number of esters is 1. The topological polar surface area (TPSA) is 69.4 Å². The summed E-state index contributed by atoms with van der Waals surface area (Å²) < 4.78 is 5.31. The standard InChI is InChI=1S/C18H19NO3S/c1-12-3-9-16(10-4-12)23-13(2)18(21)22-11-14-5-7-15(8-6-14)17(19)20/h3-10,13H,11H2,1-2H3,(H2,19,20)/t13-/m0/s1. The predicted octanol–water partition coefficient (Wildman–Crippen LogP) is 3.32. The number of carbonyl (C=O) groups excluding carboxylic acids is 2. The number of hydrogen-bond acceptors (Lipinski definition) is 4. The molecular weight excluding hydrogens is 310 g/mol. The fourth-order valence-corrected chi connectivity index (χ4v) is 2.77. The molecule has 0 aromatic heterocycles. The molecule has 120 valence electrons. The van der Waals surface area contributed by atoms with E-state index in [1.807, 2.05) is 38.1 Å². The molecule has 0 fully saturated rings. The Bertz CT molecular complexity index is 680. The van der Waals surface area contributed by atoms with Crippen LogP contribution in [0.3, 0.4) is 0 Å². The van der Waals surface area contributed by atoms with E-state index in [4.69, 9.17) is 10.5 Å². The Morgan fingerprint density at radius 1 is 1.09 bits per heavy atom. The van der Waals surface area contributed by atoms with Gasteiger partial charge in [-0.3, -0.25) is 9.59 Å². The van der Waals surface area contributed by atoms with Gasteiger partial charge in [-0.2, -0.15) is 0 Å². The second kappa shape index (κ2) is 7.83. The molecule has 4 nitrogen and oxygen atoms in total. The van der Waals surface area contributed by atoms with Crippen molar-refractivity contribution in [1.29, 1.82) is 0 Å². The maximum Gasteiger partial charge on any atom is 0.319 e. The molecule has 0 saturated carbocycles. The van der Waals surface area contributed by atoms with Crippen molar-refractivity contribution in [1.82, 2.24) is 0 Å². The van der Waals surface area contributed by atoms with Gasteiger partial charge in [0.1, 0.15) is 11.9 Å². The Morgan fingerprint density at radius 3 is 2.26 bits per heavy atom. The Kier molecular flexibility index (Phi) is 5.82. The molecule has 0 spiro atoms. The van der Waals surface area contributed by atoms with E-state index in [0.29, 0.717) is 5.56 Å². The van der Waals surface area contributed by atoms with Crippen LogP contribution in [0, 0.1) is 6.92 Å². The molecule has 0 unspecified atom stereocenters. The van der Waals surface area contributed by atoms with E-state index in [9.17, 15) is 9.59 Å². The zero-order chi connectivity index (χ0) is 16.8. The van der Waals surface area contributed by atoms with Crippen LogP contribution >= 0.6 is 11.8 Å². The Labute approximate surface area is 140 Å². The van der Waals surface area contributed by atoms with Crippen molar-refractivity contribution >= 4 is 23.6 Å². The van der Waals surface area contributed by atoms with Crippen LogP contribution in [-0.2, 0) is 16.1 Å². The first kappa shape index (κ1) is 17.1. The molecule has 0 aliphatic rings. The second-order valence-corrected chi connectivity index (χ2v) is 6.66. The largest absolute Gasteiger partial charge is 0.460 e. The van der Waals surface area contributed by atoms with Gasteiger partial charge in [-0.15, -0.1) is 11.8 Å². The second-order valence-electron chi connectivity index (χ2n) is 5.24. The van der Waals surface area contributed by atoms with Crippen LogP contribution in [0.2, 0.25) is 0 Å². The Balaban J connectivity index is 1.86. The van der Waals surface area contributed by atoms with Crippen LogP contribution in [0.5, 0.6) is 0 Å². The molecule has 2 rings (SSSR count). The minimum absolute atomic E-state index is 0.177. The van der Waals surface area contributed by atoms with E-state index in [0.717, 1.165) is 10.5 Å². The Morgan fingerprint density at radius 2 is 1.70 bits per heavy atom. The average molecular weight is 329 g/mol. The molecule has 0 saturated heterocycles. The molecule has 0 aliphatic heterocycles. The van der Waals surface area contributed by atoms with Gasteiger partial charge in [0.25, 0.3) is 0 Å². The normalized spacial score (nSPS) is 11.7. The number of ether oxygens (including phenoxy) is 1. The maximum absolute atomic E-state index is 12.0. The first-order valence-corrected chi connectivity index (χ1v) is 8.12. The summed E-state index contributed by atoms with van der Waals surface area (Å²) >= 11 is 1.47. The highest BCUT2D eigenvalue weighted by atomic mass is 32.2. The van der Waals surface area contributed by atoms with Gasteiger partial charge in [0.05, 0.1) is 0 Å². The van der Waals surface area contributed by atoms with E-state index in [-0.39, 0.29) is 17.8 Å². The summed E-state index contributed by atoms with van der Waals surface area (Å²) in [6, 6.07) is 14.7. The van der Waals surface area contributed by atoms with Gasteiger partial charge in [-0.25, -0.2) is 0 Å². The average Bonchev–Trinajstić information content (AvgIpc) is 2.55. The summed E-state index contributed by atoms with van der Waals surface area (Å²) in [5.74, 6) is -0.744. The minimum Gasteiger partial charge on any atom is -0.460 e. The maximum atomic E-state index is 12.0. The van der Waals surface area contributed by atoms with Crippen LogP contribution < -0.4 is 5.73 Å². The first-order chi connectivity index (χ1) is 11.0. The fraction of sp³-hybridized carbons (Fsp3) is 0.222. The van der Waals surface area contributed by atoms with Crippen molar-refractivity contribution in [2.24, 2.45) is 5.73 Å². The van der Waals surface area contributed by atoms with E-state index < -0.39 is 5.91 Å². The van der Waals surface area contributed by atoms with E-state index in [1.165, 1.54) is 17.3 Å². The molecule has 1 amide bonds. The lowest BCUT2D eigenvalue weighted by Gasteiger charge is -2.11. The summed E-state index contributed by atoms with van der Waals surface area (Å²) in [4.78, 5) is 24.1. The molecule has 0 bridgehead atoms. The number of rotatable bonds is 6. The zero-order valence-corrected chi connectivity index (χ0v) is 13.9. The molecule has 0 heterocycles. The smallest absolute Gasteiger partial charge is 0.319 e. The monoisotopic (exact) mass is 329 g/mol. The predicted molar refractivity (Wildman–Crippen MR) is 91.3 cm³/mol. The summed E-state index contributed by atoms with van der Waals surface area (Å²) in [6.07, 6.45) is 0. The minimum atomic E-state index is -0.475. The summed E-state index contributed by atoms with van der Waals surface area (Å²) in [5, 5.41) is -0.289. The molecule has 5 heteroatoms. The molecule has 0 radical (unpaired) electrons. The van der Waals surface area contributed by atoms with Crippen LogP contribution in [0.15, 0.2) is 53.4 Å². The number of aryl methyl sites for hydroxylation is 1. The SMILES string of the molecule is Cc1ccc(S[C@@H](C)C(=O)OCc2ccc(C(N)=O)cc2)cc1. The lowest BCUT2D eigenvalue weighted by atomic mass is 10.1. The fourth-order valence-electron chi connectivity index (χ4n) is 1.91. The number of primary amides is 1. The lowest BCUT2D eigenvalue weighted by molar-refractivity contribution is -0.143. The van der Waals surface area contributed by atoms with Crippen LogP contribution in [0.4, 0.5) is 0 Å². The Hall–Kier alpha value is -2.27.